The van der Waals surface area contributed by atoms with Crippen molar-refractivity contribution in [2.75, 3.05) is 6.61 Å². The van der Waals surface area contributed by atoms with Crippen molar-refractivity contribution in [1.82, 2.24) is 15.2 Å². The molecule has 0 saturated heterocycles. The molecule has 18 heavy (non-hydrogen) atoms. The zero-order chi connectivity index (χ0) is 13.0. The Morgan fingerprint density at radius 2 is 2.00 bits per heavy atom. The number of ether oxygens (including phenoxy) is 1. The number of hydrogen-bond acceptors (Lipinski definition) is 4. The van der Waals surface area contributed by atoms with Gasteiger partial charge < -0.3 is 4.74 Å². The van der Waals surface area contributed by atoms with Crippen molar-refractivity contribution >= 4 is 23.2 Å². The third-order valence-electron chi connectivity index (χ3n) is 2.22. The van der Waals surface area contributed by atoms with Gasteiger partial charge in [-0.15, -0.1) is 10.2 Å². The molecule has 2 heterocycles. The molecule has 0 aromatic carbocycles. The molecule has 0 atom stereocenters. The Hall–Kier alpha value is -1.39. The highest BCUT2D eigenvalue weighted by Gasteiger charge is 2.08. The van der Waals surface area contributed by atoms with E-state index in [1.165, 1.54) is 0 Å². The molecule has 4 nitrogen and oxygen atoms in total. The predicted molar refractivity (Wildman–Crippen MR) is 71.1 cm³/mol. The first kappa shape index (κ1) is 13.1. The smallest absolute Gasteiger partial charge is 0.159 e. The summed E-state index contributed by atoms with van der Waals surface area (Å²) in [7, 11) is 0. The average Bonchev–Trinajstić information content (AvgIpc) is 2.39. The van der Waals surface area contributed by atoms with Crippen LogP contribution in [0.3, 0.4) is 0 Å². The van der Waals surface area contributed by atoms with Crippen LogP contribution in [0.5, 0.6) is 5.75 Å². The van der Waals surface area contributed by atoms with E-state index in [9.17, 15) is 0 Å². The second kappa shape index (κ2) is 5.98. The Labute approximate surface area is 115 Å². The molecule has 2 aromatic heterocycles. The van der Waals surface area contributed by atoms with Crippen LogP contribution in [0.1, 0.15) is 13.3 Å². The van der Waals surface area contributed by atoms with Gasteiger partial charge >= 0.3 is 0 Å². The maximum atomic E-state index is 5.99. The number of rotatable bonds is 4. The molecule has 2 rings (SSSR count). The van der Waals surface area contributed by atoms with Crippen LogP contribution < -0.4 is 4.74 Å². The summed E-state index contributed by atoms with van der Waals surface area (Å²) in [6.45, 7) is 2.69. The number of hydrogen-bond donors (Lipinski definition) is 0. The van der Waals surface area contributed by atoms with Crippen molar-refractivity contribution in [2.24, 2.45) is 0 Å². The zero-order valence-electron chi connectivity index (χ0n) is 9.73. The lowest BCUT2D eigenvalue weighted by Crippen LogP contribution is -1.96. The van der Waals surface area contributed by atoms with Gasteiger partial charge in [0.05, 0.1) is 12.8 Å². The van der Waals surface area contributed by atoms with E-state index in [-0.39, 0.29) is 10.3 Å². The highest BCUT2D eigenvalue weighted by Crippen LogP contribution is 2.29. The lowest BCUT2D eigenvalue weighted by atomic mass is 10.1. The molecule has 94 valence electrons. The maximum Gasteiger partial charge on any atom is 0.159 e. The van der Waals surface area contributed by atoms with Crippen LogP contribution >= 0.6 is 23.2 Å². The molecule has 0 aliphatic rings. The Bertz CT molecular complexity index is 549. The summed E-state index contributed by atoms with van der Waals surface area (Å²) in [6.07, 6.45) is 4.27. The number of nitrogens with zero attached hydrogens (tertiary/aromatic N) is 3. The molecule has 0 N–H and O–H groups in total. The fourth-order valence-electron chi connectivity index (χ4n) is 1.42. The minimum atomic E-state index is 0.286. The van der Waals surface area contributed by atoms with Crippen molar-refractivity contribution in [2.45, 2.75) is 13.3 Å². The van der Waals surface area contributed by atoms with Crippen molar-refractivity contribution in [3.05, 3.63) is 34.8 Å². The molecule has 0 fully saturated rings. The van der Waals surface area contributed by atoms with Crippen LogP contribution in [0.25, 0.3) is 11.1 Å². The number of aromatic nitrogens is 3. The van der Waals surface area contributed by atoms with E-state index in [0.29, 0.717) is 17.9 Å². The highest BCUT2D eigenvalue weighted by atomic mass is 35.5. The van der Waals surface area contributed by atoms with E-state index in [1.54, 1.807) is 18.5 Å². The predicted octanol–water partition coefficient (Wildman–Crippen LogP) is 3.63. The summed E-state index contributed by atoms with van der Waals surface area (Å²) in [6, 6.07) is 3.50. The van der Waals surface area contributed by atoms with Crippen LogP contribution in [-0.4, -0.2) is 21.8 Å². The molecule has 0 bridgehead atoms. The van der Waals surface area contributed by atoms with Gasteiger partial charge in [-0.05, 0) is 18.6 Å². The van der Waals surface area contributed by atoms with Crippen LogP contribution in [0, 0.1) is 0 Å². The van der Waals surface area contributed by atoms with Crippen molar-refractivity contribution in [3.63, 3.8) is 0 Å². The molecule has 0 saturated carbocycles. The van der Waals surface area contributed by atoms with Gasteiger partial charge in [0.25, 0.3) is 0 Å². The zero-order valence-corrected chi connectivity index (χ0v) is 11.2. The standard InChI is InChI=1S/C12H11Cl2N3O/c1-2-3-18-9-4-8(6-15-7-9)10-5-11(13)16-17-12(10)14/h4-7H,2-3H2,1H3. The summed E-state index contributed by atoms with van der Waals surface area (Å²) in [5.41, 5.74) is 1.48. The second-order valence-corrected chi connectivity index (χ2v) is 4.37. The summed E-state index contributed by atoms with van der Waals surface area (Å²) in [4.78, 5) is 4.11. The topological polar surface area (TPSA) is 47.9 Å². The minimum Gasteiger partial charge on any atom is -0.492 e. The minimum absolute atomic E-state index is 0.286. The van der Waals surface area contributed by atoms with E-state index < -0.39 is 0 Å². The van der Waals surface area contributed by atoms with Gasteiger partial charge in [-0.2, -0.15) is 0 Å². The van der Waals surface area contributed by atoms with Gasteiger partial charge in [-0.1, -0.05) is 30.1 Å². The molecule has 0 aliphatic heterocycles. The summed E-state index contributed by atoms with van der Waals surface area (Å²) in [5.74, 6) is 0.693. The molecule has 6 heteroatoms. The summed E-state index contributed by atoms with van der Waals surface area (Å²) >= 11 is 11.8. The third-order valence-corrected chi connectivity index (χ3v) is 2.68. The fraction of sp³-hybridized carbons (Fsp3) is 0.250. The van der Waals surface area contributed by atoms with E-state index >= 15 is 0 Å². The van der Waals surface area contributed by atoms with Crippen LogP contribution in [0.15, 0.2) is 24.5 Å². The molecule has 0 spiro atoms. The van der Waals surface area contributed by atoms with E-state index in [0.717, 1.165) is 12.0 Å². The van der Waals surface area contributed by atoms with Gasteiger partial charge in [0.15, 0.2) is 10.3 Å². The lowest BCUT2D eigenvalue weighted by Gasteiger charge is -2.07. The van der Waals surface area contributed by atoms with E-state index in [4.69, 9.17) is 27.9 Å². The Morgan fingerprint density at radius 1 is 1.17 bits per heavy atom. The Morgan fingerprint density at radius 3 is 2.78 bits per heavy atom. The SMILES string of the molecule is CCCOc1cncc(-c2cc(Cl)nnc2Cl)c1. The lowest BCUT2D eigenvalue weighted by molar-refractivity contribution is 0.316. The Kier molecular flexibility index (Phi) is 4.33. The second-order valence-electron chi connectivity index (χ2n) is 3.63. The molecule has 0 amide bonds. The molecular formula is C12H11Cl2N3O. The van der Waals surface area contributed by atoms with Crippen LogP contribution in [0.2, 0.25) is 10.3 Å². The molecular weight excluding hydrogens is 273 g/mol. The van der Waals surface area contributed by atoms with E-state index in [2.05, 4.69) is 15.2 Å². The van der Waals surface area contributed by atoms with Gasteiger partial charge in [0, 0.05) is 17.3 Å². The van der Waals surface area contributed by atoms with E-state index in [1.807, 2.05) is 13.0 Å². The van der Waals surface area contributed by atoms with Gasteiger partial charge in [-0.3, -0.25) is 4.98 Å². The van der Waals surface area contributed by atoms with Gasteiger partial charge in [0.1, 0.15) is 5.75 Å². The third kappa shape index (κ3) is 3.09. The highest BCUT2D eigenvalue weighted by molar-refractivity contribution is 6.33. The fourth-order valence-corrected chi connectivity index (χ4v) is 1.77. The summed E-state index contributed by atoms with van der Waals surface area (Å²) < 4.78 is 5.51. The quantitative estimate of drug-likeness (QED) is 0.860. The first-order valence-electron chi connectivity index (χ1n) is 5.47. The molecule has 0 aliphatic carbocycles. The number of pyridine rings is 1. The normalized spacial score (nSPS) is 10.4. The Balaban J connectivity index is 2.35. The molecule has 0 radical (unpaired) electrons. The first-order valence-corrected chi connectivity index (χ1v) is 6.23. The molecule has 2 aromatic rings. The monoisotopic (exact) mass is 283 g/mol. The van der Waals surface area contributed by atoms with Gasteiger partial charge in [0.2, 0.25) is 0 Å². The van der Waals surface area contributed by atoms with Crippen LogP contribution in [0.4, 0.5) is 0 Å². The maximum absolute atomic E-state index is 5.99. The van der Waals surface area contributed by atoms with Crippen molar-refractivity contribution in [1.29, 1.82) is 0 Å². The first-order chi connectivity index (χ1) is 8.70. The molecule has 0 unspecified atom stereocenters. The largest absolute Gasteiger partial charge is 0.492 e. The van der Waals surface area contributed by atoms with Crippen molar-refractivity contribution in [3.8, 4) is 16.9 Å². The number of halogens is 2. The van der Waals surface area contributed by atoms with Crippen molar-refractivity contribution < 1.29 is 4.74 Å². The summed E-state index contributed by atoms with van der Waals surface area (Å²) in [5, 5.41) is 8.00. The van der Waals surface area contributed by atoms with Gasteiger partial charge in [-0.25, -0.2) is 0 Å². The van der Waals surface area contributed by atoms with Crippen LogP contribution in [-0.2, 0) is 0 Å². The average molecular weight is 284 g/mol.